The number of anilines is 1. The summed E-state index contributed by atoms with van der Waals surface area (Å²) < 4.78 is 0. The summed E-state index contributed by atoms with van der Waals surface area (Å²) in [7, 11) is 0. The van der Waals surface area contributed by atoms with Gasteiger partial charge in [-0.2, -0.15) is 0 Å². The van der Waals surface area contributed by atoms with Crippen molar-refractivity contribution in [2.24, 2.45) is 0 Å². The highest BCUT2D eigenvalue weighted by Gasteiger charge is 2.31. The van der Waals surface area contributed by atoms with Gasteiger partial charge in [0.1, 0.15) is 16.5 Å². The smallest absolute Gasteiger partial charge is 0.222 e. The highest BCUT2D eigenvalue weighted by atomic mass is 32.1. The molecule has 2 aliphatic carbocycles. The van der Waals surface area contributed by atoms with Crippen molar-refractivity contribution in [3.8, 4) is 0 Å². The third kappa shape index (κ3) is 5.36. The number of fused-ring (bicyclic) bond motifs is 3. The Bertz CT molecular complexity index is 959. The second-order valence-corrected chi connectivity index (χ2v) is 11.4. The van der Waals surface area contributed by atoms with Gasteiger partial charge in [0, 0.05) is 43.4 Å². The van der Waals surface area contributed by atoms with Crippen LogP contribution in [0.3, 0.4) is 0 Å². The van der Waals surface area contributed by atoms with Crippen LogP contribution in [0.2, 0.25) is 0 Å². The summed E-state index contributed by atoms with van der Waals surface area (Å²) >= 11 is 1.93. The van der Waals surface area contributed by atoms with Gasteiger partial charge in [-0.1, -0.05) is 45.4 Å². The van der Waals surface area contributed by atoms with Crippen LogP contribution in [0.4, 0.5) is 5.82 Å². The number of thiophene rings is 1. The van der Waals surface area contributed by atoms with Crippen LogP contribution in [-0.2, 0) is 17.6 Å². The average molecular weight is 469 g/mol. The van der Waals surface area contributed by atoms with E-state index < -0.39 is 0 Å². The van der Waals surface area contributed by atoms with E-state index in [9.17, 15) is 4.79 Å². The fourth-order valence-electron chi connectivity index (χ4n) is 5.47. The summed E-state index contributed by atoms with van der Waals surface area (Å²) in [5, 5.41) is 1.34. The van der Waals surface area contributed by atoms with Crippen molar-refractivity contribution in [3.05, 3.63) is 16.3 Å². The second-order valence-electron chi connectivity index (χ2n) is 10.3. The Hall–Kier alpha value is -1.69. The molecule has 0 spiro atoms. The van der Waals surface area contributed by atoms with Gasteiger partial charge in [-0.15, -0.1) is 11.3 Å². The van der Waals surface area contributed by atoms with E-state index in [1.165, 1.54) is 98.6 Å². The van der Waals surface area contributed by atoms with E-state index in [0.29, 0.717) is 18.2 Å². The van der Waals surface area contributed by atoms with Crippen LogP contribution in [0, 0.1) is 0 Å². The Kier molecular flexibility index (Phi) is 7.49. The SMILES string of the molecule is CCCCCCCCC(=O)N1CCN(c2nc(C3CC3)nc3sc4c(c23)CCCCC4)CC1. The first kappa shape index (κ1) is 23.1. The number of carbonyl (C=O) groups is 1. The van der Waals surface area contributed by atoms with Gasteiger partial charge >= 0.3 is 0 Å². The van der Waals surface area contributed by atoms with Crippen molar-refractivity contribution >= 4 is 33.3 Å². The lowest BCUT2D eigenvalue weighted by atomic mass is 10.1. The maximum Gasteiger partial charge on any atom is 0.222 e. The molecule has 5 nitrogen and oxygen atoms in total. The zero-order valence-electron chi connectivity index (χ0n) is 20.4. The average Bonchev–Trinajstić information content (AvgIpc) is 3.66. The second kappa shape index (κ2) is 10.7. The van der Waals surface area contributed by atoms with E-state index in [0.717, 1.165) is 38.4 Å². The molecule has 1 amide bonds. The number of amides is 1. The first-order valence-corrected chi connectivity index (χ1v) is 14.4. The summed E-state index contributed by atoms with van der Waals surface area (Å²) in [6, 6.07) is 0. The summed E-state index contributed by atoms with van der Waals surface area (Å²) in [6.07, 6.45) is 16.9. The number of aromatic nitrogens is 2. The standard InChI is InChI=1S/C27H40N4OS/c1-2-3-4-5-6-10-13-23(32)30-16-18-31(19-17-30)26-24-21-11-8-7-9-12-22(21)33-27(24)29-25(28-26)20-14-15-20/h20H,2-19H2,1H3. The number of rotatable bonds is 9. The number of carbonyl (C=O) groups excluding carboxylic acids is 1. The van der Waals surface area contributed by atoms with Gasteiger partial charge in [0.2, 0.25) is 5.91 Å². The van der Waals surface area contributed by atoms with Crippen LogP contribution in [0.15, 0.2) is 0 Å². The molecule has 6 heteroatoms. The molecule has 0 N–H and O–H groups in total. The number of unbranched alkanes of at least 4 members (excludes halogenated alkanes) is 5. The highest BCUT2D eigenvalue weighted by Crippen LogP contribution is 2.44. The predicted molar refractivity (Wildman–Crippen MR) is 137 cm³/mol. The molecule has 0 atom stereocenters. The van der Waals surface area contributed by atoms with Crippen LogP contribution in [0.25, 0.3) is 10.2 Å². The third-order valence-electron chi connectivity index (χ3n) is 7.68. The number of hydrogen-bond donors (Lipinski definition) is 0. The minimum atomic E-state index is 0.348. The van der Waals surface area contributed by atoms with Crippen molar-refractivity contribution in [2.75, 3.05) is 31.1 Å². The molecule has 2 fully saturated rings. The molecule has 5 rings (SSSR count). The molecule has 0 bridgehead atoms. The number of nitrogens with zero attached hydrogens (tertiary/aromatic N) is 4. The zero-order valence-corrected chi connectivity index (χ0v) is 21.2. The van der Waals surface area contributed by atoms with E-state index in [1.54, 1.807) is 4.88 Å². The summed E-state index contributed by atoms with van der Waals surface area (Å²) in [5.74, 6) is 3.15. The van der Waals surface area contributed by atoms with E-state index in [-0.39, 0.29) is 0 Å². The summed E-state index contributed by atoms with van der Waals surface area (Å²) in [6.45, 7) is 5.68. The Morgan fingerprint density at radius 1 is 0.939 bits per heavy atom. The molecular weight excluding hydrogens is 428 g/mol. The van der Waals surface area contributed by atoms with Gasteiger partial charge in [0.25, 0.3) is 0 Å². The number of hydrogen-bond acceptors (Lipinski definition) is 5. The summed E-state index contributed by atoms with van der Waals surface area (Å²) in [5.41, 5.74) is 1.53. The first-order valence-electron chi connectivity index (χ1n) is 13.6. The Balaban J connectivity index is 1.26. The minimum Gasteiger partial charge on any atom is -0.352 e. The maximum absolute atomic E-state index is 12.8. The Morgan fingerprint density at radius 3 is 2.48 bits per heavy atom. The minimum absolute atomic E-state index is 0.348. The van der Waals surface area contributed by atoms with Crippen molar-refractivity contribution < 1.29 is 4.79 Å². The molecule has 2 aromatic heterocycles. The van der Waals surface area contributed by atoms with Crippen LogP contribution < -0.4 is 4.90 Å². The zero-order chi connectivity index (χ0) is 22.6. The van der Waals surface area contributed by atoms with Gasteiger partial charge < -0.3 is 9.80 Å². The van der Waals surface area contributed by atoms with Gasteiger partial charge in [-0.25, -0.2) is 9.97 Å². The number of aryl methyl sites for hydroxylation is 2. The summed E-state index contributed by atoms with van der Waals surface area (Å²) in [4.78, 5) is 30.3. The monoisotopic (exact) mass is 468 g/mol. The predicted octanol–water partition coefficient (Wildman–Crippen LogP) is 6.24. The molecule has 0 aromatic carbocycles. The molecule has 0 unspecified atom stereocenters. The largest absolute Gasteiger partial charge is 0.352 e. The van der Waals surface area contributed by atoms with E-state index in [4.69, 9.17) is 9.97 Å². The van der Waals surface area contributed by atoms with Gasteiger partial charge in [0.05, 0.1) is 5.39 Å². The molecule has 1 saturated carbocycles. The lowest BCUT2D eigenvalue weighted by Gasteiger charge is -2.36. The van der Waals surface area contributed by atoms with Crippen molar-refractivity contribution in [3.63, 3.8) is 0 Å². The Morgan fingerprint density at radius 2 is 1.70 bits per heavy atom. The first-order chi connectivity index (χ1) is 16.2. The van der Waals surface area contributed by atoms with Crippen LogP contribution >= 0.6 is 11.3 Å². The lowest BCUT2D eigenvalue weighted by Crippen LogP contribution is -2.49. The van der Waals surface area contributed by atoms with E-state index >= 15 is 0 Å². The third-order valence-corrected chi connectivity index (χ3v) is 8.87. The van der Waals surface area contributed by atoms with Gasteiger partial charge in [-0.3, -0.25) is 4.79 Å². The van der Waals surface area contributed by atoms with Crippen molar-refractivity contribution in [1.82, 2.24) is 14.9 Å². The fourth-order valence-corrected chi connectivity index (χ4v) is 6.73. The molecular formula is C27H40N4OS. The van der Waals surface area contributed by atoms with Crippen LogP contribution in [-0.4, -0.2) is 47.0 Å². The molecule has 3 aliphatic rings. The molecule has 2 aromatic rings. The van der Waals surface area contributed by atoms with Crippen molar-refractivity contribution in [1.29, 1.82) is 0 Å². The topological polar surface area (TPSA) is 49.3 Å². The van der Waals surface area contributed by atoms with Crippen molar-refractivity contribution in [2.45, 2.75) is 103 Å². The number of piperazine rings is 1. The molecule has 1 aliphatic heterocycles. The molecule has 0 radical (unpaired) electrons. The quantitative estimate of drug-likeness (QED) is 0.323. The lowest BCUT2D eigenvalue weighted by molar-refractivity contribution is -0.131. The molecule has 33 heavy (non-hydrogen) atoms. The van der Waals surface area contributed by atoms with Gasteiger partial charge in [0.15, 0.2) is 0 Å². The van der Waals surface area contributed by atoms with Gasteiger partial charge in [-0.05, 0) is 50.5 Å². The molecule has 1 saturated heterocycles. The van der Waals surface area contributed by atoms with E-state index in [1.807, 2.05) is 11.3 Å². The molecule has 3 heterocycles. The highest BCUT2D eigenvalue weighted by molar-refractivity contribution is 7.19. The Labute approximate surface area is 203 Å². The maximum atomic E-state index is 12.8. The normalized spacial score (nSPS) is 19.1. The fraction of sp³-hybridized carbons (Fsp3) is 0.741. The van der Waals surface area contributed by atoms with Crippen LogP contribution in [0.1, 0.15) is 106 Å². The van der Waals surface area contributed by atoms with Crippen LogP contribution in [0.5, 0.6) is 0 Å². The van der Waals surface area contributed by atoms with E-state index in [2.05, 4.69) is 16.7 Å². The molecule has 180 valence electrons.